The van der Waals surface area contributed by atoms with Crippen LogP contribution in [0, 0.1) is 26.7 Å². The fraction of sp³-hybridized carbons (Fsp3) is 0.391. The van der Waals surface area contributed by atoms with Crippen LogP contribution in [0.1, 0.15) is 53.2 Å². The third-order valence-electron chi connectivity index (χ3n) is 5.05. The number of amides is 1. The lowest BCUT2D eigenvalue weighted by Crippen LogP contribution is -2.32. The molecule has 31 heavy (non-hydrogen) atoms. The second kappa shape index (κ2) is 9.01. The van der Waals surface area contributed by atoms with Gasteiger partial charge in [0, 0.05) is 5.69 Å². The van der Waals surface area contributed by atoms with Crippen molar-refractivity contribution in [3.8, 4) is 0 Å². The molecule has 0 aliphatic carbocycles. The Labute approximate surface area is 185 Å². The zero-order valence-electron chi connectivity index (χ0n) is 18.6. The van der Waals surface area contributed by atoms with Gasteiger partial charge in [-0.25, -0.2) is 9.78 Å². The smallest absolute Gasteiger partial charge is 0.348 e. The Hall–Kier alpha value is -3.00. The second-order valence-corrected chi connectivity index (χ2v) is 9.17. The molecule has 1 amide bonds. The summed E-state index contributed by atoms with van der Waals surface area (Å²) in [6, 6.07) is 4.97. The van der Waals surface area contributed by atoms with Crippen molar-refractivity contribution in [3.05, 3.63) is 56.4 Å². The average Bonchev–Trinajstić information content (AvgIpc) is 3.05. The van der Waals surface area contributed by atoms with Crippen LogP contribution in [0.5, 0.6) is 0 Å². The van der Waals surface area contributed by atoms with Gasteiger partial charge in [0.2, 0.25) is 5.91 Å². The predicted molar refractivity (Wildman–Crippen MR) is 123 cm³/mol. The number of nitrogens with one attached hydrogen (secondary N) is 1. The summed E-state index contributed by atoms with van der Waals surface area (Å²) in [7, 11) is 0. The molecule has 0 spiro atoms. The highest BCUT2D eigenvalue weighted by molar-refractivity contribution is 7.20. The number of aryl methyl sites for hydroxylation is 3. The molecule has 0 saturated heterocycles. The van der Waals surface area contributed by atoms with Crippen molar-refractivity contribution >= 4 is 39.1 Å². The van der Waals surface area contributed by atoms with E-state index in [1.165, 1.54) is 10.9 Å². The lowest BCUT2D eigenvalue weighted by molar-refractivity contribution is -0.118. The van der Waals surface area contributed by atoms with Crippen molar-refractivity contribution in [2.75, 3.05) is 11.9 Å². The van der Waals surface area contributed by atoms with Gasteiger partial charge in [-0.05, 0) is 50.8 Å². The summed E-state index contributed by atoms with van der Waals surface area (Å²) >= 11 is 1.13. The van der Waals surface area contributed by atoms with Gasteiger partial charge in [0.1, 0.15) is 15.7 Å². The van der Waals surface area contributed by atoms with E-state index in [9.17, 15) is 14.4 Å². The number of anilines is 1. The van der Waals surface area contributed by atoms with Crippen LogP contribution >= 0.6 is 11.3 Å². The minimum absolute atomic E-state index is 0.213. The van der Waals surface area contributed by atoms with Crippen molar-refractivity contribution < 1.29 is 14.3 Å². The lowest BCUT2D eigenvalue weighted by atomic mass is 10.1. The first-order chi connectivity index (χ1) is 14.6. The molecular weight excluding hydrogens is 414 g/mol. The van der Waals surface area contributed by atoms with Gasteiger partial charge in [0.15, 0.2) is 0 Å². The number of hydrogen-bond acceptors (Lipinski definition) is 6. The van der Waals surface area contributed by atoms with Crippen LogP contribution in [-0.4, -0.2) is 28.0 Å². The van der Waals surface area contributed by atoms with Crippen LogP contribution in [0.25, 0.3) is 10.2 Å². The van der Waals surface area contributed by atoms with Crippen LogP contribution in [-0.2, 0) is 9.53 Å². The first kappa shape index (κ1) is 22.7. The number of thiophene rings is 1. The Morgan fingerprint density at radius 1 is 1.19 bits per heavy atom. The first-order valence-corrected chi connectivity index (χ1v) is 11.0. The van der Waals surface area contributed by atoms with Crippen LogP contribution in [0.3, 0.4) is 0 Å². The van der Waals surface area contributed by atoms with Gasteiger partial charge < -0.3 is 10.1 Å². The third kappa shape index (κ3) is 4.69. The van der Waals surface area contributed by atoms with Gasteiger partial charge in [-0.1, -0.05) is 31.5 Å². The summed E-state index contributed by atoms with van der Waals surface area (Å²) in [6.45, 7) is 11.5. The number of esters is 1. The van der Waals surface area contributed by atoms with E-state index in [4.69, 9.17) is 4.74 Å². The van der Waals surface area contributed by atoms with E-state index >= 15 is 0 Å². The maximum absolute atomic E-state index is 13.2. The van der Waals surface area contributed by atoms with E-state index in [0.29, 0.717) is 33.0 Å². The Morgan fingerprint density at radius 2 is 1.90 bits per heavy atom. The third-order valence-corrected chi connectivity index (χ3v) is 6.23. The van der Waals surface area contributed by atoms with E-state index in [0.717, 1.165) is 22.5 Å². The molecule has 1 unspecified atom stereocenters. The zero-order valence-corrected chi connectivity index (χ0v) is 19.4. The standard InChI is InChI=1S/C23H27N3O4S/c1-12(2)10-30-23(29)19-15(5)18-21(31-19)24-11-26(22(18)28)16(6)20(27)25-17-8-7-13(3)9-14(17)4/h7-9,11-12,16H,10H2,1-6H3,(H,25,27). The van der Waals surface area contributed by atoms with E-state index in [2.05, 4.69) is 10.3 Å². The molecule has 1 atom stereocenters. The number of carbonyl (C=O) groups excluding carboxylic acids is 2. The molecule has 0 saturated carbocycles. The molecule has 1 N–H and O–H groups in total. The van der Waals surface area contributed by atoms with Gasteiger partial charge in [-0.2, -0.15) is 0 Å². The molecule has 0 bridgehead atoms. The summed E-state index contributed by atoms with van der Waals surface area (Å²) in [5.41, 5.74) is 2.92. The quantitative estimate of drug-likeness (QED) is 0.573. The molecule has 0 aliphatic heterocycles. The Kier molecular flexibility index (Phi) is 6.59. The molecule has 3 aromatic rings. The first-order valence-electron chi connectivity index (χ1n) is 10.2. The Morgan fingerprint density at radius 3 is 2.55 bits per heavy atom. The number of rotatable bonds is 6. The van der Waals surface area contributed by atoms with Crippen LogP contribution in [0.2, 0.25) is 0 Å². The van der Waals surface area contributed by atoms with E-state index in [1.54, 1.807) is 13.8 Å². The fourth-order valence-electron chi connectivity index (χ4n) is 3.23. The molecule has 7 nitrogen and oxygen atoms in total. The molecule has 0 radical (unpaired) electrons. The van der Waals surface area contributed by atoms with Crippen molar-refractivity contribution in [2.24, 2.45) is 5.92 Å². The highest BCUT2D eigenvalue weighted by atomic mass is 32.1. The van der Waals surface area contributed by atoms with Gasteiger partial charge in [-0.15, -0.1) is 11.3 Å². The highest BCUT2D eigenvalue weighted by Gasteiger charge is 2.24. The number of carbonyl (C=O) groups is 2. The van der Waals surface area contributed by atoms with Crippen molar-refractivity contribution in [1.82, 2.24) is 9.55 Å². The summed E-state index contributed by atoms with van der Waals surface area (Å²) in [4.78, 5) is 43.6. The topological polar surface area (TPSA) is 90.3 Å². The number of fused-ring (bicyclic) bond motifs is 1. The Balaban J connectivity index is 1.91. The zero-order chi connectivity index (χ0) is 22.9. The molecule has 2 heterocycles. The van der Waals surface area contributed by atoms with Gasteiger partial charge >= 0.3 is 5.97 Å². The maximum Gasteiger partial charge on any atom is 0.348 e. The Bertz CT molecular complexity index is 1210. The highest BCUT2D eigenvalue weighted by Crippen LogP contribution is 2.28. The summed E-state index contributed by atoms with van der Waals surface area (Å²) in [5.74, 6) is -0.564. The van der Waals surface area contributed by atoms with Gasteiger partial charge in [0.05, 0.1) is 18.3 Å². The summed E-state index contributed by atoms with van der Waals surface area (Å²) in [6.07, 6.45) is 1.36. The average molecular weight is 442 g/mol. The van der Waals surface area contributed by atoms with E-state index in [1.807, 2.05) is 45.9 Å². The van der Waals surface area contributed by atoms with E-state index in [-0.39, 0.29) is 17.4 Å². The number of benzene rings is 1. The minimum Gasteiger partial charge on any atom is -0.461 e. The van der Waals surface area contributed by atoms with Crippen molar-refractivity contribution in [1.29, 1.82) is 0 Å². The SMILES string of the molecule is Cc1ccc(NC(=O)C(C)n2cnc3sc(C(=O)OCC(C)C)c(C)c3c2=O)c(C)c1. The largest absolute Gasteiger partial charge is 0.461 e. The minimum atomic E-state index is -0.777. The maximum atomic E-state index is 13.2. The molecule has 3 rings (SSSR count). The van der Waals surface area contributed by atoms with Gasteiger partial charge in [0.25, 0.3) is 5.56 Å². The predicted octanol–water partition coefficient (Wildman–Crippen LogP) is 4.40. The van der Waals surface area contributed by atoms with Crippen LogP contribution < -0.4 is 10.9 Å². The molecular formula is C23H27N3O4S. The second-order valence-electron chi connectivity index (χ2n) is 8.17. The molecule has 1 aromatic carbocycles. The monoisotopic (exact) mass is 441 g/mol. The molecule has 164 valence electrons. The normalized spacial score (nSPS) is 12.2. The van der Waals surface area contributed by atoms with E-state index < -0.39 is 12.0 Å². The summed E-state index contributed by atoms with van der Waals surface area (Å²) in [5, 5.41) is 3.22. The van der Waals surface area contributed by atoms with Gasteiger partial charge in [-0.3, -0.25) is 14.2 Å². The number of nitrogens with zero attached hydrogens (tertiary/aromatic N) is 2. The van der Waals surface area contributed by atoms with Crippen LogP contribution in [0.15, 0.2) is 29.3 Å². The molecule has 0 aliphatic rings. The lowest BCUT2D eigenvalue weighted by Gasteiger charge is -2.16. The molecule has 0 fully saturated rings. The molecule has 8 heteroatoms. The summed E-state index contributed by atoms with van der Waals surface area (Å²) < 4.78 is 6.61. The van der Waals surface area contributed by atoms with Crippen molar-refractivity contribution in [3.63, 3.8) is 0 Å². The van der Waals surface area contributed by atoms with Crippen LogP contribution in [0.4, 0.5) is 5.69 Å². The number of ether oxygens (including phenoxy) is 1. The number of aromatic nitrogens is 2. The fourth-order valence-corrected chi connectivity index (χ4v) is 4.27. The van der Waals surface area contributed by atoms with Crippen molar-refractivity contribution in [2.45, 2.75) is 47.6 Å². The number of hydrogen-bond donors (Lipinski definition) is 1. The molecule has 2 aromatic heterocycles.